The lowest BCUT2D eigenvalue weighted by atomic mass is 9.90. The van der Waals surface area contributed by atoms with Gasteiger partial charge in [-0.15, -0.1) is 10.2 Å². The topological polar surface area (TPSA) is 191 Å². The van der Waals surface area contributed by atoms with Gasteiger partial charge >= 0.3 is 5.69 Å². The number of nitrogens with zero attached hydrogens (tertiary/aromatic N) is 4. The maximum absolute atomic E-state index is 12.8. The zero-order chi connectivity index (χ0) is 28.5. The van der Waals surface area contributed by atoms with Crippen LogP contribution in [-0.4, -0.2) is 63.2 Å². The summed E-state index contributed by atoms with van der Waals surface area (Å²) in [6.07, 6.45) is 2.00. The van der Waals surface area contributed by atoms with Crippen LogP contribution in [-0.2, 0) is 11.2 Å². The van der Waals surface area contributed by atoms with Gasteiger partial charge in [0.05, 0.1) is 21.3 Å². The number of carboxylic acids is 1. The van der Waals surface area contributed by atoms with Crippen molar-refractivity contribution in [3.05, 3.63) is 87.7 Å². The molecule has 0 fully saturated rings. The molecule has 0 radical (unpaired) electrons. The third-order valence-electron chi connectivity index (χ3n) is 5.53. The molecule has 13 nitrogen and oxygen atoms in total. The van der Waals surface area contributed by atoms with E-state index in [1.807, 2.05) is 24.3 Å². The van der Waals surface area contributed by atoms with E-state index in [0.29, 0.717) is 40.9 Å². The molecule has 5 N–H and O–H groups in total. The summed E-state index contributed by atoms with van der Waals surface area (Å²) >= 11 is 0. The van der Waals surface area contributed by atoms with Crippen LogP contribution in [0.4, 0.5) is 0 Å². The number of H-pyrrole nitrogens is 1. The SMILES string of the molecule is CC(=O)O.COc1cc(C(Cc2ccc(C(=N)N)cc2)c2nn(-c3cccnn3)c(=O)[nH]2)cc(OC)c1OC. The summed E-state index contributed by atoms with van der Waals surface area (Å²) in [5.41, 5.74) is 7.51. The number of benzene rings is 2. The molecule has 1 atom stereocenters. The van der Waals surface area contributed by atoms with Gasteiger partial charge in [0.15, 0.2) is 17.3 Å². The maximum Gasteiger partial charge on any atom is 0.349 e. The van der Waals surface area contributed by atoms with Crippen molar-refractivity contribution in [3.8, 4) is 23.1 Å². The average molecular weight is 536 g/mol. The number of nitrogens with one attached hydrogen (secondary N) is 2. The van der Waals surface area contributed by atoms with E-state index < -0.39 is 17.6 Å². The fourth-order valence-corrected chi connectivity index (χ4v) is 3.79. The van der Waals surface area contributed by atoms with Crippen LogP contribution in [0.1, 0.15) is 35.4 Å². The standard InChI is InChI=1S/C24H25N7O4.C2H4O2/c1-33-18-12-16(13-19(34-2)21(18)35-3)17(11-14-6-8-15(9-7-14)22(25)26)23-28-24(32)31(30-23)20-5-4-10-27-29-20;1-2(3)4/h4-10,12-13,17H,11H2,1-3H3,(H3,25,26)(H,28,30,32);1H3,(H,3,4). The number of methoxy groups -OCH3 is 3. The van der Waals surface area contributed by atoms with Crippen molar-refractivity contribution in [2.75, 3.05) is 21.3 Å². The van der Waals surface area contributed by atoms with Gasteiger partial charge < -0.3 is 25.1 Å². The number of amidine groups is 1. The van der Waals surface area contributed by atoms with E-state index in [-0.39, 0.29) is 5.84 Å². The monoisotopic (exact) mass is 535 g/mol. The number of carboxylic acid groups (broad SMARTS) is 1. The Morgan fingerprint density at radius 1 is 1.10 bits per heavy atom. The van der Waals surface area contributed by atoms with Gasteiger partial charge in [0.25, 0.3) is 5.97 Å². The molecular formula is C26H29N7O6. The second-order valence-electron chi connectivity index (χ2n) is 8.15. The van der Waals surface area contributed by atoms with Gasteiger partial charge in [0.2, 0.25) is 5.75 Å². The lowest BCUT2D eigenvalue weighted by molar-refractivity contribution is -0.134. The van der Waals surface area contributed by atoms with E-state index in [9.17, 15) is 4.79 Å². The molecule has 0 aliphatic carbocycles. The van der Waals surface area contributed by atoms with Gasteiger partial charge in [-0.3, -0.25) is 15.2 Å². The number of rotatable bonds is 9. The number of hydrogen-bond donors (Lipinski definition) is 4. The van der Waals surface area contributed by atoms with Crippen molar-refractivity contribution in [3.63, 3.8) is 0 Å². The Morgan fingerprint density at radius 2 is 1.72 bits per heavy atom. The third-order valence-corrected chi connectivity index (χ3v) is 5.53. The zero-order valence-corrected chi connectivity index (χ0v) is 21.8. The molecule has 2 heterocycles. The summed E-state index contributed by atoms with van der Waals surface area (Å²) in [7, 11) is 4.62. The summed E-state index contributed by atoms with van der Waals surface area (Å²) in [4.78, 5) is 24.6. The Kier molecular flexibility index (Phi) is 9.35. The normalized spacial score (nSPS) is 11.1. The fourth-order valence-electron chi connectivity index (χ4n) is 3.79. The highest BCUT2D eigenvalue weighted by molar-refractivity contribution is 5.94. The van der Waals surface area contributed by atoms with E-state index in [2.05, 4.69) is 20.3 Å². The molecule has 0 spiro atoms. The van der Waals surface area contributed by atoms with E-state index in [4.69, 9.17) is 35.3 Å². The van der Waals surface area contributed by atoms with Crippen molar-refractivity contribution in [1.82, 2.24) is 25.0 Å². The molecular weight excluding hydrogens is 506 g/mol. The van der Waals surface area contributed by atoms with E-state index >= 15 is 0 Å². The van der Waals surface area contributed by atoms with Gasteiger partial charge in [-0.25, -0.2) is 4.79 Å². The third kappa shape index (κ3) is 6.97. The van der Waals surface area contributed by atoms with Crippen LogP contribution in [0.2, 0.25) is 0 Å². The number of nitrogens with two attached hydrogens (primary N) is 1. The van der Waals surface area contributed by atoms with Crippen molar-refractivity contribution in [2.45, 2.75) is 19.3 Å². The molecule has 0 aliphatic heterocycles. The predicted octanol–water partition coefficient (Wildman–Crippen LogP) is 2.13. The van der Waals surface area contributed by atoms with Crippen LogP contribution < -0.4 is 25.6 Å². The van der Waals surface area contributed by atoms with Gasteiger partial charge in [0, 0.05) is 24.6 Å². The van der Waals surface area contributed by atoms with Crippen molar-refractivity contribution >= 4 is 11.8 Å². The van der Waals surface area contributed by atoms with Gasteiger partial charge in [-0.1, -0.05) is 24.3 Å². The van der Waals surface area contributed by atoms with Crippen LogP contribution in [0.3, 0.4) is 0 Å². The molecule has 39 heavy (non-hydrogen) atoms. The van der Waals surface area contributed by atoms with Crippen LogP contribution in [0.15, 0.2) is 59.5 Å². The minimum Gasteiger partial charge on any atom is -0.493 e. The largest absolute Gasteiger partial charge is 0.493 e. The molecule has 2 aromatic heterocycles. The van der Waals surface area contributed by atoms with Crippen molar-refractivity contribution in [1.29, 1.82) is 5.41 Å². The molecule has 2 aromatic carbocycles. The summed E-state index contributed by atoms with van der Waals surface area (Å²) in [6, 6.07) is 14.3. The minimum atomic E-state index is -0.833. The minimum absolute atomic E-state index is 0.00947. The second-order valence-corrected chi connectivity index (χ2v) is 8.15. The number of aromatic amines is 1. The smallest absolute Gasteiger partial charge is 0.349 e. The van der Waals surface area contributed by atoms with E-state index in [1.165, 1.54) is 18.0 Å². The fraction of sp³-hybridized carbons (Fsp3) is 0.231. The molecule has 4 rings (SSSR count). The first-order valence-electron chi connectivity index (χ1n) is 11.6. The first kappa shape index (κ1) is 28.4. The zero-order valence-electron chi connectivity index (χ0n) is 21.8. The second kappa shape index (κ2) is 12.9. The number of aliphatic carboxylic acids is 1. The Bertz CT molecular complexity index is 1450. The predicted molar refractivity (Wildman–Crippen MR) is 142 cm³/mol. The molecule has 13 heteroatoms. The molecule has 1 unspecified atom stereocenters. The lowest BCUT2D eigenvalue weighted by Gasteiger charge is -2.19. The Hall–Kier alpha value is -5.20. The highest BCUT2D eigenvalue weighted by Gasteiger charge is 2.25. The first-order valence-corrected chi connectivity index (χ1v) is 11.6. The number of carbonyl (C=O) groups is 1. The maximum atomic E-state index is 12.8. The van der Waals surface area contributed by atoms with Gasteiger partial charge in [0.1, 0.15) is 11.7 Å². The van der Waals surface area contributed by atoms with Gasteiger partial charge in [-0.05, 0) is 41.8 Å². The summed E-state index contributed by atoms with van der Waals surface area (Å²) in [5, 5.41) is 27.4. The number of aromatic nitrogens is 5. The number of nitrogen functional groups attached to an aromatic ring is 1. The molecule has 4 aromatic rings. The molecule has 0 saturated carbocycles. The van der Waals surface area contributed by atoms with Crippen LogP contribution in [0.5, 0.6) is 17.2 Å². The van der Waals surface area contributed by atoms with Gasteiger partial charge in [-0.2, -0.15) is 9.78 Å². The van der Waals surface area contributed by atoms with E-state index in [1.54, 1.807) is 38.5 Å². The number of ether oxygens (including phenoxy) is 3. The van der Waals surface area contributed by atoms with Crippen LogP contribution in [0, 0.1) is 5.41 Å². The molecule has 0 bridgehead atoms. The first-order chi connectivity index (χ1) is 18.7. The Labute approximate surface area is 223 Å². The van der Waals surface area contributed by atoms with Crippen molar-refractivity contribution < 1.29 is 24.1 Å². The highest BCUT2D eigenvalue weighted by atomic mass is 16.5. The summed E-state index contributed by atoms with van der Waals surface area (Å²) in [5.74, 6) is 0.910. The molecule has 204 valence electrons. The summed E-state index contributed by atoms with van der Waals surface area (Å²) < 4.78 is 17.7. The highest BCUT2D eigenvalue weighted by Crippen LogP contribution is 2.41. The average Bonchev–Trinajstić information content (AvgIpc) is 3.32. The van der Waals surface area contributed by atoms with Crippen LogP contribution in [0.25, 0.3) is 5.82 Å². The lowest BCUT2D eigenvalue weighted by Crippen LogP contribution is -2.17. The Balaban J connectivity index is 0.000000983. The van der Waals surface area contributed by atoms with E-state index in [0.717, 1.165) is 18.1 Å². The summed E-state index contributed by atoms with van der Waals surface area (Å²) in [6.45, 7) is 1.08. The molecule has 0 saturated heterocycles. The quantitative estimate of drug-likeness (QED) is 0.182. The molecule has 0 aliphatic rings. The van der Waals surface area contributed by atoms with Crippen LogP contribution >= 0.6 is 0 Å². The Morgan fingerprint density at radius 3 is 2.21 bits per heavy atom. The number of hydrogen-bond acceptors (Lipinski definition) is 9. The van der Waals surface area contributed by atoms with Crippen molar-refractivity contribution in [2.24, 2.45) is 5.73 Å². The molecule has 0 amide bonds.